The number of fused-ring (bicyclic) bond motifs is 1. The summed E-state index contributed by atoms with van der Waals surface area (Å²) in [5, 5.41) is 0. The second kappa shape index (κ2) is 6.15. The first-order chi connectivity index (χ1) is 9.76. The monoisotopic (exact) mass is 275 g/mol. The first-order valence-electron chi connectivity index (χ1n) is 7.89. The third-order valence-electron chi connectivity index (χ3n) is 4.54. The van der Waals surface area contributed by atoms with Crippen LogP contribution in [0.3, 0.4) is 0 Å². The maximum Gasteiger partial charge on any atom is 0.122 e. The minimum Gasteiger partial charge on any atom is -0.493 e. The molecule has 1 atom stereocenters. The molecule has 0 radical (unpaired) electrons. The summed E-state index contributed by atoms with van der Waals surface area (Å²) in [5.74, 6) is 1.78. The van der Waals surface area contributed by atoms with E-state index in [1.54, 1.807) is 0 Å². The number of nitrogens with two attached hydrogens (primary N) is 1. The summed E-state index contributed by atoms with van der Waals surface area (Å²) < 4.78 is 11.3. The van der Waals surface area contributed by atoms with Crippen molar-refractivity contribution < 1.29 is 9.47 Å². The number of ether oxygens (including phenoxy) is 2. The van der Waals surface area contributed by atoms with E-state index in [1.165, 1.54) is 24.0 Å². The van der Waals surface area contributed by atoms with Crippen LogP contribution < -0.4 is 10.5 Å². The van der Waals surface area contributed by atoms with E-state index in [9.17, 15) is 0 Å². The molecule has 1 fully saturated rings. The topological polar surface area (TPSA) is 44.5 Å². The van der Waals surface area contributed by atoms with E-state index >= 15 is 0 Å². The zero-order valence-corrected chi connectivity index (χ0v) is 12.3. The summed E-state index contributed by atoms with van der Waals surface area (Å²) in [6.45, 7) is 3.74. The van der Waals surface area contributed by atoms with E-state index in [0.717, 1.165) is 44.1 Å². The van der Waals surface area contributed by atoms with Gasteiger partial charge in [0.25, 0.3) is 0 Å². The molecule has 0 aromatic heterocycles. The Labute approximate surface area is 121 Å². The van der Waals surface area contributed by atoms with Crippen LogP contribution in [0.5, 0.6) is 5.75 Å². The van der Waals surface area contributed by atoms with Crippen LogP contribution >= 0.6 is 0 Å². The zero-order chi connectivity index (χ0) is 13.9. The lowest BCUT2D eigenvalue weighted by Crippen LogP contribution is -2.33. The number of rotatable bonds is 5. The van der Waals surface area contributed by atoms with Gasteiger partial charge in [0.1, 0.15) is 5.75 Å². The molecule has 3 heteroatoms. The van der Waals surface area contributed by atoms with Gasteiger partial charge in [-0.2, -0.15) is 0 Å². The quantitative estimate of drug-likeness (QED) is 0.897. The van der Waals surface area contributed by atoms with Gasteiger partial charge in [0.05, 0.1) is 12.7 Å². The van der Waals surface area contributed by atoms with E-state index < -0.39 is 0 Å². The lowest BCUT2D eigenvalue weighted by Gasteiger charge is -2.36. The van der Waals surface area contributed by atoms with Crippen LogP contribution in [0, 0.1) is 5.92 Å². The second-order valence-electron chi connectivity index (χ2n) is 6.08. The Hall–Kier alpha value is -1.06. The molecule has 1 aromatic rings. The highest BCUT2D eigenvalue weighted by molar-refractivity contribution is 5.39. The van der Waals surface area contributed by atoms with Gasteiger partial charge >= 0.3 is 0 Å². The molecule has 110 valence electrons. The van der Waals surface area contributed by atoms with Gasteiger partial charge in [-0.25, -0.2) is 0 Å². The van der Waals surface area contributed by atoms with E-state index in [-0.39, 0.29) is 6.04 Å². The molecule has 2 N–H and O–H groups in total. The summed E-state index contributed by atoms with van der Waals surface area (Å²) in [5.41, 5.74) is 8.96. The number of benzene rings is 1. The third-order valence-corrected chi connectivity index (χ3v) is 4.54. The molecule has 1 unspecified atom stereocenters. The normalized spacial score (nSPS) is 26.3. The standard InChI is InChI=1S/C17H25NO2/c1-2-19-15-8-12(9-15)10-16(18)13-5-6-17-14(11-13)4-3-7-20-17/h5-6,11-12,15-16H,2-4,7-10,18H2,1H3. The molecule has 1 aliphatic heterocycles. The van der Waals surface area contributed by atoms with Gasteiger partial charge in [0.2, 0.25) is 0 Å². The molecule has 0 spiro atoms. The second-order valence-corrected chi connectivity index (χ2v) is 6.08. The molecule has 1 saturated carbocycles. The van der Waals surface area contributed by atoms with Gasteiger partial charge in [0.15, 0.2) is 0 Å². The van der Waals surface area contributed by atoms with Gasteiger partial charge in [0, 0.05) is 12.6 Å². The van der Waals surface area contributed by atoms with Gasteiger partial charge in [-0.3, -0.25) is 0 Å². The highest BCUT2D eigenvalue weighted by Crippen LogP contribution is 2.37. The Kier molecular flexibility index (Phi) is 4.27. The van der Waals surface area contributed by atoms with Gasteiger partial charge in [-0.05, 0) is 62.1 Å². The zero-order valence-electron chi connectivity index (χ0n) is 12.3. The first-order valence-corrected chi connectivity index (χ1v) is 7.89. The Morgan fingerprint density at radius 2 is 2.25 bits per heavy atom. The maximum atomic E-state index is 6.38. The van der Waals surface area contributed by atoms with Crippen LogP contribution in [0.4, 0.5) is 0 Å². The molecular formula is C17H25NO2. The average molecular weight is 275 g/mol. The van der Waals surface area contributed by atoms with E-state index in [2.05, 4.69) is 25.1 Å². The van der Waals surface area contributed by atoms with E-state index in [4.69, 9.17) is 15.2 Å². The molecule has 3 rings (SSSR count). The Morgan fingerprint density at radius 3 is 3.05 bits per heavy atom. The fourth-order valence-electron chi connectivity index (χ4n) is 3.34. The van der Waals surface area contributed by atoms with Crippen molar-refractivity contribution in [1.82, 2.24) is 0 Å². The molecule has 0 amide bonds. The third kappa shape index (κ3) is 2.99. The molecule has 2 aliphatic rings. The summed E-state index contributed by atoms with van der Waals surface area (Å²) in [4.78, 5) is 0. The summed E-state index contributed by atoms with van der Waals surface area (Å²) in [7, 11) is 0. The van der Waals surface area contributed by atoms with Crippen LogP contribution in [0.25, 0.3) is 0 Å². The number of hydrogen-bond donors (Lipinski definition) is 1. The lowest BCUT2D eigenvalue weighted by atomic mass is 9.77. The predicted molar refractivity (Wildman–Crippen MR) is 79.9 cm³/mol. The van der Waals surface area contributed by atoms with Crippen molar-refractivity contribution in [3.63, 3.8) is 0 Å². The smallest absolute Gasteiger partial charge is 0.122 e. The highest BCUT2D eigenvalue weighted by atomic mass is 16.5. The lowest BCUT2D eigenvalue weighted by molar-refractivity contribution is -0.0282. The summed E-state index contributed by atoms with van der Waals surface area (Å²) >= 11 is 0. The maximum absolute atomic E-state index is 6.38. The molecule has 0 bridgehead atoms. The fraction of sp³-hybridized carbons (Fsp3) is 0.647. The van der Waals surface area contributed by atoms with Crippen molar-refractivity contribution in [3.8, 4) is 5.75 Å². The molecule has 20 heavy (non-hydrogen) atoms. The average Bonchev–Trinajstić information content (AvgIpc) is 2.44. The van der Waals surface area contributed by atoms with Crippen molar-refractivity contribution in [1.29, 1.82) is 0 Å². The Morgan fingerprint density at radius 1 is 1.40 bits per heavy atom. The molecule has 1 heterocycles. The van der Waals surface area contributed by atoms with Crippen molar-refractivity contribution in [2.75, 3.05) is 13.2 Å². The Bertz CT molecular complexity index is 454. The highest BCUT2D eigenvalue weighted by Gasteiger charge is 2.31. The van der Waals surface area contributed by atoms with Crippen LogP contribution in [0.2, 0.25) is 0 Å². The SMILES string of the molecule is CCOC1CC(CC(N)c2ccc3c(c2)CCCO3)C1. The number of aryl methyl sites for hydroxylation is 1. The van der Waals surface area contributed by atoms with Gasteiger partial charge < -0.3 is 15.2 Å². The first kappa shape index (κ1) is 13.9. The van der Waals surface area contributed by atoms with Crippen LogP contribution in [-0.4, -0.2) is 19.3 Å². The van der Waals surface area contributed by atoms with Crippen LogP contribution in [0.15, 0.2) is 18.2 Å². The number of hydrogen-bond acceptors (Lipinski definition) is 3. The Balaban J connectivity index is 1.56. The van der Waals surface area contributed by atoms with Gasteiger partial charge in [-0.1, -0.05) is 12.1 Å². The molecule has 3 nitrogen and oxygen atoms in total. The van der Waals surface area contributed by atoms with E-state index in [1.807, 2.05) is 0 Å². The molecule has 1 aliphatic carbocycles. The van der Waals surface area contributed by atoms with Crippen LogP contribution in [0.1, 0.15) is 49.8 Å². The van der Waals surface area contributed by atoms with Crippen molar-refractivity contribution in [2.45, 2.75) is 51.2 Å². The van der Waals surface area contributed by atoms with Crippen molar-refractivity contribution >= 4 is 0 Å². The predicted octanol–water partition coefficient (Wildman–Crippen LogP) is 3.22. The fourth-order valence-corrected chi connectivity index (χ4v) is 3.34. The summed E-state index contributed by atoms with van der Waals surface area (Å²) in [6, 6.07) is 6.62. The molecule has 0 saturated heterocycles. The molecular weight excluding hydrogens is 250 g/mol. The van der Waals surface area contributed by atoms with Crippen molar-refractivity contribution in [3.05, 3.63) is 29.3 Å². The van der Waals surface area contributed by atoms with Gasteiger partial charge in [-0.15, -0.1) is 0 Å². The minimum atomic E-state index is 0.148. The molecule has 1 aromatic carbocycles. The largest absolute Gasteiger partial charge is 0.493 e. The minimum absolute atomic E-state index is 0.148. The van der Waals surface area contributed by atoms with E-state index in [0.29, 0.717) is 6.10 Å². The summed E-state index contributed by atoms with van der Waals surface area (Å²) in [6.07, 6.45) is 6.14. The van der Waals surface area contributed by atoms with Crippen molar-refractivity contribution in [2.24, 2.45) is 11.7 Å². The van der Waals surface area contributed by atoms with Crippen LogP contribution in [-0.2, 0) is 11.2 Å².